The van der Waals surface area contributed by atoms with Crippen LogP contribution >= 0.6 is 0 Å². The monoisotopic (exact) mass is 364 g/mol. The van der Waals surface area contributed by atoms with E-state index in [9.17, 15) is 4.79 Å². The molecule has 1 amide bonds. The molecule has 6 nitrogen and oxygen atoms in total. The number of nitrogens with one attached hydrogen (secondary N) is 2. The molecule has 0 radical (unpaired) electrons. The molecular weight excluding hydrogens is 328 g/mol. The number of guanidine groups is 1. The van der Waals surface area contributed by atoms with Gasteiger partial charge in [0.25, 0.3) is 0 Å². The molecule has 0 aromatic carbocycles. The first-order valence-electron chi connectivity index (χ1n) is 10.7. The Morgan fingerprint density at radius 1 is 1.08 bits per heavy atom. The molecular formula is C20H36N4O2. The van der Waals surface area contributed by atoms with Gasteiger partial charge in [0.05, 0.1) is 6.61 Å². The zero-order valence-electron chi connectivity index (χ0n) is 16.5. The van der Waals surface area contributed by atoms with E-state index in [4.69, 9.17) is 4.74 Å². The predicted octanol–water partition coefficient (Wildman–Crippen LogP) is 3.13. The van der Waals surface area contributed by atoms with Gasteiger partial charge in [0.2, 0.25) is 0 Å². The van der Waals surface area contributed by atoms with Crippen molar-refractivity contribution < 1.29 is 9.53 Å². The van der Waals surface area contributed by atoms with Crippen molar-refractivity contribution in [3.63, 3.8) is 0 Å². The average molecular weight is 365 g/mol. The van der Waals surface area contributed by atoms with Gasteiger partial charge < -0.3 is 20.3 Å². The first kappa shape index (κ1) is 19.3. The normalized spacial score (nSPS) is 27.9. The first-order valence-corrected chi connectivity index (χ1v) is 10.7. The molecule has 3 aliphatic rings. The quantitative estimate of drug-likeness (QED) is 0.581. The average Bonchev–Trinajstić information content (AvgIpc) is 3.42. The minimum absolute atomic E-state index is 0.181. The highest BCUT2D eigenvalue weighted by Gasteiger charge is 2.43. The molecule has 2 unspecified atom stereocenters. The highest BCUT2D eigenvalue weighted by Crippen LogP contribution is 2.44. The fourth-order valence-corrected chi connectivity index (χ4v) is 4.55. The number of piperidine rings is 1. The van der Waals surface area contributed by atoms with Crippen molar-refractivity contribution >= 4 is 12.1 Å². The highest BCUT2D eigenvalue weighted by atomic mass is 16.6. The van der Waals surface area contributed by atoms with E-state index in [1.807, 2.05) is 11.8 Å². The summed E-state index contributed by atoms with van der Waals surface area (Å²) in [5, 5.41) is 7.28. The third kappa shape index (κ3) is 5.27. The number of likely N-dealkylation sites (tertiary alicyclic amines) is 1. The standard InChI is InChI=1S/C20H36N4O2/c1-3-21-19(23-18-14-17(18)15-8-6-5-7-9-15)22-16-10-12-24(13-11-16)20(25)26-4-2/h15-18H,3-14H2,1-2H3,(H2,21,22,23). The van der Waals surface area contributed by atoms with Crippen LogP contribution in [0.1, 0.15) is 65.2 Å². The number of aliphatic imine (C=N–C) groups is 1. The van der Waals surface area contributed by atoms with E-state index < -0.39 is 0 Å². The molecule has 148 valence electrons. The van der Waals surface area contributed by atoms with Gasteiger partial charge in [-0.25, -0.2) is 4.79 Å². The number of nitrogens with zero attached hydrogens (tertiary/aromatic N) is 2. The predicted molar refractivity (Wildman–Crippen MR) is 104 cm³/mol. The number of hydrogen-bond donors (Lipinski definition) is 2. The van der Waals surface area contributed by atoms with E-state index in [0.717, 1.165) is 50.3 Å². The summed E-state index contributed by atoms with van der Waals surface area (Å²) < 4.78 is 5.10. The van der Waals surface area contributed by atoms with E-state index in [1.165, 1.54) is 38.5 Å². The number of hydrogen-bond acceptors (Lipinski definition) is 3. The largest absolute Gasteiger partial charge is 0.450 e. The lowest BCUT2D eigenvalue weighted by Crippen LogP contribution is -2.50. The Kier molecular flexibility index (Phi) is 7.03. The van der Waals surface area contributed by atoms with Gasteiger partial charge in [0.1, 0.15) is 0 Å². The Hall–Kier alpha value is -1.46. The van der Waals surface area contributed by atoms with Crippen molar-refractivity contribution in [3.05, 3.63) is 0 Å². The number of ether oxygens (including phenoxy) is 1. The Morgan fingerprint density at radius 2 is 1.81 bits per heavy atom. The third-order valence-corrected chi connectivity index (χ3v) is 6.10. The molecule has 2 atom stereocenters. The van der Waals surface area contributed by atoms with E-state index in [1.54, 1.807) is 0 Å². The van der Waals surface area contributed by atoms with Crippen molar-refractivity contribution in [1.82, 2.24) is 15.5 Å². The van der Waals surface area contributed by atoms with Crippen LogP contribution in [0.3, 0.4) is 0 Å². The van der Waals surface area contributed by atoms with Gasteiger partial charge in [0, 0.05) is 31.7 Å². The third-order valence-electron chi connectivity index (χ3n) is 6.10. The van der Waals surface area contributed by atoms with Crippen LogP contribution < -0.4 is 10.6 Å². The summed E-state index contributed by atoms with van der Waals surface area (Å²) in [6, 6.07) is 0.987. The maximum Gasteiger partial charge on any atom is 0.409 e. The Labute approximate surface area is 158 Å². The van der Waals surface area contributed by atoms with Gasteiger partial charge in [-0.3, -0.25) is 4.99 Å². The van der Waals surface area contributed by atoms with Gasteiger partial charge in [-0.05, 0) is 44.9 Å². The zero-order valence-corrected chi connectivity index (χ0v) is 16.5. The molecule has 0 spiro atoms. The maximum atomic E-state index is 11.8. The molecule has 3 fully saturated rings. The van der Waals surface area contributed by atoms with Crippen LogP contribution in [-0.2, 0) is 4.74 Å². The van der Waals surface area contributed by atoms with Crippen LogP contribution in [0, 0.1) is 11.8 Å². The number of rotatable bonds is 5. The Bertz CT molecular complexity index is 482. The second kappa shape index (κ2) is 9.47. The summed E-state index contributed by atoms with van der Waals surface area (Å²) in [6.07, 6.45) is 10.1. The molecule has 2 N–H and O–H groups in total. The maximum absolute atomic E-state index is 11.8. The van der Waals surface area contributed by atoms with Gasteiger partial charge >= 0.3 is 6.09 Å². The van der Waals surface area contributed by atoms with E-state index in [-0.39, 0.29) is 6.09 Å². The number of carbonyl (C=O) groups is 1. The summed E-state index contributed by atoms with van der Waals surface area (Å²) in [5.41, 5.74) is 0. The van der Waals surface area contributed by atoms with Crippen molar-refractivity contribution in [1.29, 1.82) is 0 Å². The molecule has 2 saturated carbocycles. The molecule has 6 heteroatoms. The topological polar surface area (TPSA) is 66.0 Å². The van der Waals surface area contributed by atoms with Crippen molar-refractivity contribution in [3.8, 4) is 0 Å². The summed E-state index contributed by atoms with van der Waals surface area (Å²) in [7, 11) is 0. The van der Waals surface area contributed by atoms with Gasteiger partial charge in [-0.15, -0.1) is 0 Å². The summed E-state index contributed by atoms with van der Waals surface area (Å²) in [4.78, 5) is 18.3. The lowest BCUT2D eigenvalue weighted by Gasteiger charge is -2.32. The van der Waals surface area contributed by atoms with Gasteiger partial charge in [0.15, 0.2) is 5.96 Å². The molecule has 26 heavy (non-hydrogen) atoms. The van der Waals surface area contributed by atoms with Crippen molar-refractivity contribution in [2.24, 2.45) is 16.8 Å². The smallest absolute Gasteiger partial charge is 0.409 e. The molecule has 1 aliphatic heterocycles. The minimum Gasteiger partial charge on any atom is -0.450 e. The zero-order chi connectivity index (χ0) is 18.4. The fourth-order valence-electron chi connectivity index (χ4n) is 4.55. The molecule has 0 aromatic rings. The molecule has 3 rings (SSSR count). The van der Waals surface area contributed by atoms with Gasteiger partial charge in [-0.1, -0.05) is 32.1 Å². The summed E-state index contributed by atoms with van der Waals surface area (Å²) >= 11 is 0. The number of carbonyl (C=O) groups excluding carboxylic acids is 1. The summed E-state index contributed by atoms with van der Waals surface area (Å²) in [6.45, 7) is 6.67. The van der Waals surface area contributed by atoms with Crippen LogP contribution in [0.5, 0.6) is 0 Å². The summed E-state index contributed by atoms with van der Waals surface area (Å²) in [5.74, 6) is 2.74. The van der Waals surface area contributed by atoms with Crippen LogP contribution in [0.25, 0.3) is 0 Å². The second-order valence-corrected chi connectivity index (χ2v) is 7.98. The van der Waals surface area contributed by atoms with E-state index in [2.05, 4.69) is 22.5 Å². The lowest BCUT2D eigenvalue weighted by atomic mass is 9.85. The minimum atomic E-state index is -0.181. The SMILES string of the molecule is CCN=C(NC1CCN(C(=O)OCC)CC1)NC1CC1C1CCCCC1. The van der Waals surface area contributed by atoms with Crippen molar-refractivity contribution in [2.75, 3.05) is 26.2 Å². The molecule has 1 heterocycles. The van der Waals surface area contributed by atoms with Crippen LogP contribution in [-0.4, -0.2) is 55.3 Å². The molecule has 1 saturated heterocycles. The van der Waals surface area contributed by atoms with Crippen LogP contribution in [0.15, 0.2) is 4.99 Å². The van der Waals surface area contributed by atoms with Crippen molar-refractivity contribution in [2.45, 2.75) is 77.3 Å². The Morgan fingerprint density at radius 3 is 2.46 bits per heavy atom. The van der Waals surface area contributed by atoms with E-state index >= 15 is 0 Å². The second-order valence-electron chi connectivity index (χ2n) is 7.98. The molecule has 0 aromatic heterocycles. The lowest BCUT2D eigenvalue weighted by molar-refractivity contribution is 0.0963. The van der Waals surface area contributed by atoms with E-state index in [0.29, 0.717) is 18.7 Å². The van der Waals surface area contributed by atoms with Gasteiger partial charge in [-0.2, -0.15) is 0 Å². The highest BCUT2D eigenvalue weighted by molar-refractivity contribution is 5.80. The number of amides is 1. The molecule has 2 aliphatic carbocycles. The fraction of sp³-hybridized carbons (Fsp3) is 0.900. The molecule has 0 bridgehead atoms. The first-order chi connectivity index (χ1) is 12.7. The van der Waals surface area contributed by atoms with Crippen LogP contribution in [0.2, 0.25) is 0 Å². The van der Waals surface area contributed by atoms with Crippen LogP contribution in [0.4, 0.5) is 4.79 Å². The Balaban J connectivity index is 1.42.